The van der Waals surface area contributed by atoms with Gasteiger partial charge in [-0.3, -0.25) is 0 Å². The average Bonchev–Trinajstić information content (AvgIpc) is 2.38. The van der Waals surface area contributed by atoms with Crippen molar-refractivity contribution in [3.8, 4) is 5.75 Å². The number of hydrogen-bond acceptors (Lipinski definition) is 1. The molecule has 0 aromatic heterocycles. The molecule has 2 aromatic carbocycles. The smallest absolute Gasteiger partial charge is 0.133 e. The summed E-state index contributed by atoms with van der Waals surface area (Å²) in [7, 11) is 1.65. The van der Waals surface area contributed by atoms with Gasteiger partial charge in [0.05, 0.1) is 17.0 Å². The molecule has 0 N–H and O–H groups in total. The van der Waals surface area contributed by atoms with Crippen LogP contribution in [0.1, 0.15) is 22.1 Å². The van der Waals surface area contributed by atoms with E-state index in [9.17, 15) is 0 Å². The van der Waals surface area contributed by atoms with Gasteiger partial charge in [0.1, 0.15) is 5.75 Å². The van der Waals surface area contributed by atoms with E-state index in [1.807, 2.05) is 18.2 Å². The molecule has 0 aliphatic heterocycles. The van der Waals surface area contributed by atoms with Gasteiger partial charge in [-0.15, -0.1) is 11.6 Å². The summed E-state index contributed by atoms with van der Waals surface area (Å²) in [5, 5.41) is -0.146. The predicted molar refractivity (Wildman–Crippen MR) is 79.6 cm³/mol. The fraction of sp³-hybridized carbons (Fsp3) is 0.200. The maximum absolute atomic E-state index is 6.49. The molecule has 94 valence electrons. The van der Waals surface area contributed by atoms with Gasteiger partial charge in [-0.25, -0.2) is 0 Å². The van der Waals surface area contributed by atoms with Crippen molar-refractivity contribution in [3.05, 3.63) is 63.6 Å². The number of ether oxygens (including phenoxy) is 1. The van der Waals surface area contributed by atoms with E-state index < -0.39 is 0 Å². The number of halogens is 2. The van der Waals surface area contributed by atoms with Crippen LogP contribution in [0.3, 0.4) is 0 Å². The van der Waals surface area contributed by atoms with Gasteiger partial charge in [0, 0.05) is 0 Å². The summed E-state index contributed by atoms with van der Waals surface area (Å²) in [4.78, 5) is 0. The van der Waals surface area contributed by atoms with Gasteiger partial charge in [0.15, 0.2) is 0 Å². The van der Waals surface area contributed by atoms with E-state index in [0.717, 1.165) is 21.3 Å². The summed E-state index contributed by atoms with van der Waals surface area (Å²) in [5.41, 5.74) is 3.38. The molecule has 0 aliphatic carbocycles. The number of benzene rings is 2. The van der Waals surface area contributed by atoms with Gasteiger partial charge < -0.3 is 4.74 Å². The van der Waals surface area contributed by atoms with Gasteiger partial charge in [0.2, 0.25) is 0 Å². The molecule has 1 unspecified atom stereocenters. The van der Waals surface area contributed by atoms with Crippen LogP contribution in [0, 0.1) is 6.92 Å². The van der Waals surface area contributed by atoms with Crippen molar-refractivity contribution < 1.29 is 4.74 Å². The van der Waals surface area contributed by atoms with E-state index in [2.05, 4.69) is 47.1 Å². The Bertz CT molecular complexity index is 537. The van der Waals surface area contributed by atoms with Crippen molar-refractivity contribution in [3.63, 3.8) is 0 Å². The average molecular weight is 326 g/mol. The second-order valence-corrected chi connectivity index (χ2v) is 5.46. The maximum atomic E-state index is 6.49. The summed E-state index contributed by atoms with van der Waals surface area (Å²) in [6, 6.07) is 14.2. The largest absolute Gasteiger partial charge is 0.496 e. The Morgan fingerprint density at radius 1 is 1.06 bits per heavy atom. The van der Waals surface area contributed by atoms with Crippen LogP contribution in [0.15, 0.2) is 46.9 Å². The summed E-state index contributed by atoms with van der Waals surface area (Å²) < 4.78 is 6.13. The van der Waals surface area contributed by atoms with E-state index >= 15 is 0 Å². The predicted octanol–water partition coefficient (Wildman–Crippen LogP) is 5.09. The zero-order valence-corrected chi connectivity index (χ0v) is 12.6. The third-order valence-electron chi connectivity index (χ3n) is 2.84. The van der Waals surface area contributed by atoms with Crippen molar-refractivity contribution in [2.24, 2.45) is 0 Å². The molecule has 0 saturated carbocycles. The molecule has 0 saturated heterocycles. The van der Waals surface area contributed by atoms with Crippen LogP contribution in [0.4, 0.5) is 0 Å². The molecule has 0 bridgehead atoms. The van der Waals surface area contributed by atoms with Crippen LogP contribution < -0.4 is 4.74 Å². The highest BCUT2D eigenvalue weighted by atomic mass is 79.9. The molecule has 1 atom stereocenters. The van der Waals surface area contributed by atoms with Gasteiger partial charge in [-0.2, -0.15) is 0 Å². The first-order valence-electron chi connectivity index (χ1n) is 5.66. The number of alkyl halides is 1. The fourth-order valence-electron chi connectivity index (χ4n) is 1.77. The van der Waals surface area contributed by atoms with Crippen LogP contribution in [0.2, 0.25) is 0 Å². The van der Waals surface area contributed by atoms with E-state index in [-0.39, 0.29) is 5.38 Å². The molecule has 0 spiro atoms. The van der Waals surface area contributed by atoms with Gasteiger partial charge in [0.25, 0.3) is 0 Å². The highest BCUT2D eigenvalue weighted by molar-refractivity contribution is 9.10. The van der Waals surface area contributed by atoms with Crippen LogP contribution in [0.5, 0.6) is 5.75 Å². The molecule has 0 amide bonds. The number of hydrogen-bond donors (Lipinski definition) is 0. The summed E-state index contributed by atoms with van der Waals surface area (Å²) in [6.45, 7) is 2.07. The first-order valence-corrected chi connectivity index (χ1v) is 6.89. The minimum atomic E-state index is -0.146. The van der Waals surface area contributed by atoms with Crippen LogP contribution >= 0.6 is 27.5 Å². The van der Waals surface area contributed by atoms with E-state index in [1.165, 1.54) is 5.56 Å². The highest BCUT2D eigenvalue weighted by Gasteiger charge is 2.12. The minimum absolute atomic E-state index is 0.146. The molecule has 0 radical (unpaired) electrons. The fourth-order valence-corrected chi connectivity index (χ4v) is 2.61. The molecule has 18 heavy (non-hydrogen) atoms. The SMILES string of the molecule is COc1ccc(C(Cl)c2ccc(C)cc2)cc1Br. The third kappa shape index (κ3) is 2.88. The van der Waals surface area contributed by atoms with Crippen molar-refractivity contribution in [2.45, 2.75) is 12.3 Å². The first kappa shape index (κ1) is 13.4. The van der Waals surface area contributed by atoms with Crippen molar-refractivity contribution in [2.75, 3.05) is 7.11 Å². The van der Waals surface area contributed by atoms with E-state index in [4.69, 9.17) is 16.3 Å². The number of aryl methyl sites for hydroxylation is 1. The van der Waals surface area contributed by atoms with E-state index in [0.29, 0.717) is 0 Å². The third-order valence-corrected chi connectivity index (χ3v) is 3.96. The number of methoxy groups -OCH3 is 1. The quantitative estimate of drug-likeness (QED) is 0.714. The summed E-state index contributed by atoms with van der Waals surface area (Å²) >= 11 is 9.97. The topological polar surface area (TPSA) is 9.23 Å². The van der Waals surface area contributed by atoms with Gasteiger partial charge in [-0.05, 0) is 46.1 Å². The van der Waals surface area contributed by atoms with Crippen molar-refractivity contribution >= 4 is 27.5 Å². The lowest BCUT2D eigenvalue weighted by Gasteiger charge is -2.12. The zero-order valence-electron chi connectivity index (χ0n) is 10.3. The standard InChI is InChI=1S/C15H14BrClO/c1-10-3-5-11(6-4-10)15(17)12-7-8-14(18-2)13(16)9-12/h3-9,15H,1-2H3. The molecular formula is C15H14BrClO. The van der Waals surface area contributed by atoms with E-state index in [1.54, 1.807) is 7.11 Å². The lowest BCUT2D eigenvalue weighted by molar-refractivity contribution is 0.412. The summed E-state index contributed by atoms with van der Waals surface area (Å²) in [6.07, 6.45) is 0. The Morgan fingerprint density at radius 3 is 2.22 bits per heavy atom. The molecule has 0 fully saturated rings. The zero-order chi connectivity index (χ0) is 13.1. The molecule has 0 heterocycles. The van der Waals surface area contributed by atoms with Crippen LogP contribution in [-0.4, -0.2) is 7.11 Å². The highest BCUT2D eigenvalue weighted by Crippen LogP contribution is 2.34. The Labute approximate surface area is 121 Å². The Balaban J connectivity index is 2.31. The normalized spacial score (nSPS) is 12.2. The molecule has 2 rings (SSSR count). The van der Waals surface area contributed by atoms with Crippen molar-refractivity contribution in [1.82, 2.24) is 0 Å². The maximum Gasteiger partial charge on any atom is 0.133 e. The Hall–Kier alpha value is -0.990. The first-order chi connectivity index (χ1) is 8.61. The molecule has 1 nitrogen and oxygen atoms in total. The molecule has 0 aliphatic rings. The van der Waals surface area contributed by atoms with Gasteiger partial charge >= 0.3 is 0 Å². The second kappa shape index (κ2) is 5.77. The lowest BCUT2D eigenvalue weighted by Crippen LogP contribution is -1.94. The monoisotopic (exact) mass is 324 g/mol. The molecule has 3 heteroatoms. The second-order valence-electron chi connectivity index (χ2n) is 4.17. The molecular weight excluding hydrogens is 312 g/mol. The molecule has 2 aromatic rings. The summed E-state index contributed by atoms with van der Waals surface area (Å²) in [5.74, 6) is 0.812. The minimum Gasteiger partial charge on any atom is -0.496 e. The van der Waals surface area contributed by atoms with Crippen LogP contribution in [0.25, 0.3) is 0 Å². The van der Waals surface area contributed by atoms with Crippen LogP contribution in [-0.2, 0) is 0 Å². The lowest BCUT2D eigenvalue weighted by atomic mass is 10.0. The Morgan fingerprint density at radius 2 is 1.67 bits per heavy atom. The number of rotatable bonds is 3. The Kier molecular flexibility index (Phi) is 4.31. The van der Waals surface area contributed by atoms with Gasteiger partial charge in [-0.1, -0.05) is 35.9 Å². The van der Waals surface area contributed by atoms with Crippen molar-refractivity contribution in [1.29, 1.82) is 0 Å².